The van der Waals surface area contributed by atoms with E-state index in [-0.39, 0.29) is 28.4 Å². The first-order chi connectivity index (χ1) is 17.2. The normalized spacial score (nSPS) is 11.5. The van der Waals surface area contributed by atoms with Crippen LogP contribution in [0.5, 0.6) is 0 Å². The van der Waals surface area contributed by atoms with Crippen LogP contribution in [0.1, 0.15) is 93.5 Å². The molecule has 0 aliphatic heterocycles. The number of hydrogen-bond acceptors (Lipinski definition) is 6. The Morgan fingerprint density at radius 1 is 0.541 bits per heavy atom. The van der Waals surface area contributed by atoms with Crippen molar-refractivity contribution < 1.29 is 24.0 Å². The van der Waals surface area contributed by atoms with E-state index in [2.05, 4.69) is 4.98 Å². The highest BCUT2D eigenvalue weighted by Crippen LogP contribution is 2.23. The van der Waals surface area contributed by atoms with Crippen molar-refractivity contribution >= 4 is 29.3 Å². The van der Waals surface area contributed by atoms with E-state index in [9.17, 15) is 24.0 Å². The van der Waals surface area contributed by atoms with Gasteiger partial charge < -0.3 is 0 Å². The van der Waals surface area contributed by atoms with Gasteiger partial charge in [-0.15, -0.1) is 0 Å². The summed E-state index contributed by atoms with van der Waals surface area (Å²) in [5.74, 6) is -2.81. The Morgan fingerprint density at radius 3 is 1.24 bits per heavy atom. The van der Waals surface area contributed by atoms with Crippen molar-refractivity contribution in [2.45, 2.75) is 41.5 Å². The molecule has 0 saturated carbocycles. The molecule has 2 aromatic carbocycles. The van der Waals surface area contributed by atoms with Crippen LogP contribution in [0, 0.1) is 10.8 Å². The molecule has 3 aromatic rings. The van der Waals surface area contributed by atoms with Gasteiger partial charge in [0.1, 0.15) is 5.69 Å². The zero-order valence-corrected chi connectivity index (χ0v) is 21.9. The van der Waals surface area contributed by atoms with Gasteiger partial charge in [0.15, 0.2) is 11.6 Å². The summed E-state index contributed by atoms with van der Waals surface area (Å²) in [5.41, 5.74) is -0.353. The molecule has 3 amide bonds. The fourth-order valence-corrected chi connectivity index (χ4v) is 3.53. The molecule has 0 aliphatic carbocycles. The lowest BCUT2D eigenvalue weighted by molar-refractivity contribution is 0.0534. The molecule has 190 valence electrons. The smallest absolute Gasteiger partial charge is 0.286 e. The number of ketones is 2. The molecule has 1 aromatic heterocycles. The zero-order valence-electron chi connectivity index (χ0n) is 21.9. The number of aromatic nitrogens is 1. The molecular formula is C30H30N2O5. The van der Waals surface area contributed by atoms with Gasteiger partial charge >= 0.3 is 0 Å². The summed E-state index contributed by atoms with van der Waals surface area (Å²) in [6.45, 7) is 10.8. The second kappa shape index (κ2) is 10.4. The number of carbonyl (C=O) groups is 5. The lowest BCUT2D eigenvalue weighted by atomic mass is 9.86. The van der Waals surface area contributed by atoms with Gasteiger partial charge in [-0.25, -0.2) is 4.90 Å². The maximum atomic E-state index is 13.5. The van der Waals surface area contributed by atoms with E-state index in [1.807, 2.05) is 0 Å². The quantitative estimate of drug-likeness (QED) is 0.332. The number of amides is 3. The van der Waals surface area contributed by atoms with Crippen molar-refractivity contribution in [1.82, 2.24) is 9.88 Å². The van der Waals surface area contributed by atoms with Crippen molar-refractivity contribution in [1.29, 1.82) is 0 Å². The fourth-order valence-electron chi connectivity index (χ4n) is 3.53. The number of imide groups is 3. The second-order valence-electron chi connectivity index (χ2n) is 10.8. The summed E-state index contributed by atoms with van der Waals surface area (Å²) in [6.07, 6.45) is 1.39. The number of benzene rings is 2. The molecule has 0 radical (unpaired) electrons. The fraction of sp³-hybridized carbons (Fsp3) is 0.267. The van der Waals surface area contributed by atoms with Gasteiger partial charge in [-0.3, -0.25) is 29.0 Å². The number of hydrogen-bond donors (Lipinski definition) is 0. The van der Waals surface area contributed by atoms with Gasteiger partial charge in [-0.2, -0.15) is 0 Å². The summed E-state index contributed by atoms with van der Waals surface area (Å²) in [4.78, 5) is 69.9. The molecule has 7 heteroatoms. The Morgan fingerprint density at radius 2 is 0.919 bits per heavy atom. The predicted molar refractivity (Wildman–Crippen MR) is 140 cm³/mol. The highest BCUT2D eigenvalue weighted by Gasteiger charge is 2.33. The van der Waals surface area contributed by atoms with E-state index < -0.39 is 28.6 Å². The first-order valence-corrected chi connectivity index (χ1v) is 11.9. The maximum absolute atomic E-state index is 13.5. The van der Waals surface area contributed by atoms with Crippen molar-refractivity contribution in [3.8, 4) is 0 Å². The van der Waals surface area contributed by atoms with Gasteiger partial charge in [0.2, 0.25) is 0 Å². The van der Waals surface area contributed by atoms with E-state index in [0.29, 0.717) is 16.0 Å². The topological polar surface area (TPSA) is 101 Å². The van der Waals surface area contributed by atoms with E-state index in [4.69, 9.17) is 0 Å². The number of pyridine rings is 1. The van der Waals surface area contributed by atoms with Crippen LogP contribution in [0.4, 0.5) is 0 Å². The molecule has 0 unspecified atom stereocenters. The van der Waals surface area contributed by atoms with Gasteiger partial charge in [-0.05, 0) is 36.4 Å². The molecule has 0 N–H and O–H groups in total. The number of rotatable bonds is 5. The highest BCUT2D eigenvalue weighted by atomic mass is 16.2. The third-order valence-corrected chi connectivity index (χ3v) is 5.64. The van der Waals surface area contributed by atoms with Crippen LogP contribution in [-0.2, 0) is 0 Å². The molecule has 0 spiro atoms. The molecule has 1 heterocycles. The Kier molecular flexibility index (Phi) is 7.67. The average molecular weight is 499 g/mol. The summed E-state index contributed by atoms with van der Waals surface area (Å²) >= 11 is 0. The van der Waals surface area contributed by atoms with Crippen molar-refractivity contribution in [3.63, 3.8) is 0 Å². The zero-order chi connectivity index (χ0) is 27.5. The van der Waals surface area contributed by atoms with Crippen LogP contribution in [0.3, 0.4) is 0 Å². The Labute approximate surface area is 216 Å². The van der Waals surface area contributed by atoms with Crippen LogP contribution in [0.2, 0.25) is 0 Å². The van der Waals surface area contributed by atoms with Gasteiger partial charge in [0.05, 0.1) is 0 Å². The Balaban J connectivity index is 1.99. The SMILES string of the molecule is CC(C)(C)C(=O)c1ccc(C(=O)N(C(=O)c2ccc(C(=O)C(C)(C)C)cc2)C(=O)c2ccccn2)cc1. The number of carbonyl (C=O) groups excluding carboxylic acids is 5. The van der Waals surface area contributed by atoms with Crippen molar-refractivity contribution in [2.75, 3.05) is 0 Å². The largest absolute Gasteiger partial charge is 0.294 e. The monoisotopic (exact) mass is 498 g/mol. The summed E-state index contributed by atoms with van der Waals surface area (Å²) in [5, 5.41) is 0. The molecule has 0 aliphatic rings. The third kappa shape index (κ3) is 6.12. The van der Waals surface area contributed by atoms with E-state index in [0.717, 1.165) is 0 Å². The number of nitrogens with zero attached hydrogens (tertiary/aromatic N) is 2. The molecule has 0 bridgehead atoms. The molecule has 3 rings (SSSR count). The first kappa shape index (κ1) is 27.3. The van der Waals surface area contributed by atoms with E-state index >= 15 is 0 Å². The number of Topliss-reactive ketones (excluding diaryl/α,β-unsaturated/α-hetero) is 2. The molecule has 37 heavy (non-hydrogen) atoms. The van der Waals surface area contributed by atoms with Gasteiger partial charge in [-0.1, -0.05) is 71.9 Å². The van der Waals surface area contributed by atoms with Crippen LogP contribution >= 0.6 is 0 Å². The maximum Gasteiger partial charge on any atom is 0.286 e. The minimum absolute atomic E-state index is 0.0580. The Bertz CT molecular complexity index is 1260. The first-order valence-electron chi connectivity index (χ1n) is 11.9. The molecule has 0 saturated heterocycles. The molecule has 7 nitrogen and oxygen atoms in total. The lowest BCUT2D eigenvalue weighted by Gasteiger charge is -2.20. The van der Waals surface area contributed by atoms with Crippen molar-refractivity contribution in [3.05, 3.63) is 101 Å². The molecule has 0 fully saturated rings. The molecule has 0 atom stereocenters. The standard InChI is InChI=1S/C30H30N2O5/c1-29(2,3)24(33)19-10-14-21(15-11-19)26(35)32(28(37)23-9-7-8-18-31-23)27(36)22-16-12-20(13-17-22)25(34)30(4,5)6/h7-18H,1-6H3. The van der Waals surface area contributed by atoms with E-state index in [1.165, 1.54) is 60.8 Å². The van der Waals surface area contributed by atoms with Gasteiger partial charge in [0.25, 0.3) is 17.7 Å². The highest BCUT2D eigenvalue weighted by molar-refractivity contribution is 6.23. The van der Waals surface area contributed by atoms with Crippen molar-refractivity contribution in [2.24, 2.45) is 10.8 Å². The summed E-state index contributed by atoms with van der Waals surface area (Å²) in [7, 11) is 0. The average Bonchev–Trinajstić information content (AvgIpc) is 2.87. The van der Waals surface area contributed by atoms with Crippen LogP contribution in [-0.4, -0.2) is 39.2 Å². The minimum atomic E-state index is -0.889. The lowest BCUT2D eigenvalue weighted by Crippen LogP contribution is -2.42. The summed E-state index contributed by atoms with van der Waals surface area (Å²) in [6, 6.07) is 16.3. The van der Waals surface area contributed by atoms with Crippen LogP contribution in [0.15, 0.2) is 72.9 Å². The minimum Gasteiger partial charge on any atom is -0.294 e. The summed E-state index contributed by atoms with van der Waals surface area (Å²) < 4.78 is 0. The predicted octanol–water partition coefficient (Wildman–Crippen LogP) is 5.66. The second-order valence-corrected chi connectivity index (χ2v) is 10.8. The molecular weight excluding hydrogens is 468 g/mol. The Hall–Kier alpha value is -4.26. The third-order valence-electron chi connectivity index (χ3n) is 5.64. The van der Waals surface area contributed by atoms with Crippen LogP contribution in [0.25, 0.3) is 0 Å². The van der Waals surface area contributed by atoms with E-state index in [1.54, 1.807) is 53.7 Å². The van der Waals surface area contributed by atoms with Gasteiger partial charge in [0, 0.05) is 39.3 Å². The van der Waals surface area contributed by atoms with Crippen LogP contribution < -0.4 is 0 Å².